The van der Waals surface area contributed by atoms with Crippen molar-refractivity contribution in [3.05, 3.63) is 107 Å². The van der Waals surface area contributed by atoms with Gasteiger partial charge in [-0.25, -0.2) is 8.78 Å². The number of aromatic amines is 2. The first-order chi connectivity index (χ1) is 26.4. The van der Waals surface area contributed by atoms with E-state index in [1.807, 2.05) is 34.3 Å². The van der Waals surface area contributed by atoms with Gasteiger partial charge in [0.1, 0.15) is 11.6 Å². The number of nitrogens with one attached hydrogen (secondary N) is 2. The number of rotatable bonds is 16. The van der Waals surface area contributed by atoms with Crippen LogP contribution in [-0.2, 0) is 22.3 Å². The van der Waals surface area contributed by atoms with Gasteiger partial charge in [-0.2, -0.15) is 0 Å². The number of hydrogen-bond acceptors (Lipinski definition) is 6. The number of halogens is 2. The van der Waals surface area contributed by atoms with Crippen molar-refractivity contribution in [2.24, 2.45) is 0 Å². The van der Waals surface area contributed by atoms with Gasteiger partial charge in [-0.1, -0.05) is 12.1 Å². The van der Waals surface area contributed by atoms with E-state index in [1.54, 1.807) is 24.3 Å². The van der Waals surface area contributed by atoms with Crippen molar-refractivity contribution in [3.8, 4) is 0 Å². The van der Waals surface area contributed by atoms with E-state index >= 15 is 0 Å². The minimum absolute atomic E-state index is 0.202. The highest BCUT2D eigenvalue weighted by Crippen LogP contribution is 2.23. The Balaban J connectivity index is 1.11. The number of H-pyrrole nitrogens is 2. The van der Waals surface area contributed by atoms with Crippen molar-refractivity contribution in [2.75, 3.05) is 91.9 Å². The number of morpholine rings is 2. The predicted octanol–water partition coefficient (Wildman–Crippen LogP) is 5.74. The van der Waals surface area contributed by atoms with E-state index in [0.29, 0.717) is 76.6 Å². The Morgan fingerprint density at radius 1 is 0.611 bits per heavy atom. The lowest BCUT2D eigenvalue weighted by Gasteiger charge is -2.30. The van der Waals surface area contributed by atoms with E-state index in [1.165, 1.54) is 24.3 Å². The van der Waals surface area contributed by atoms with E-state index in [2.05, 4.69) is 19.8 Å². The number of amides is 2. The van der Waals surface area contributed by atoms with Crippen LogP contribution in [0.4, 0.5) is 8.78 Å². The molecule has 4 heterocycles. The second-order valence-electron chi connectivity index (χ2n) is 14.3. The molecule has 2 aliphatic heterocycles. The minimum Gasteiger partial charge on any atom is -0.379 e. The molecule has 10 nitrogen and oxygen atoms in total. The molecule has 0 radical (unpaired) electrons. The van der Waals surface area contributed by atoms with Gasteiger partial charge in [0.2, 0.25) is 0 Å². The molecular weight excluding hydrogens is 690 g/mol. The standard InChI is InChI=1S/C42H50F2N6O4/c43-33-7-9-39-37(27-33)31(29-45-39)11-17-49(15-3-13-47-19-23-53-24-20-47)41(51)35-5-1-2-6-36(35)42(52)50(16-4-14-48-21-25-54-26-22-48)18-12-32-30-46-40-10-8-34(44)28-38(32)40/h1-2,5-10,27-30,45-46H,3-4,11-26H2. The monoisotopic (exact) mass is 740 g/mol. The summed E-state index contributed by atoms with van der Waals surface area (Å²) in [5, 5.41) is 1.61. The maximum absolute atomic E-state index is 14.6. The molecule has 5 aromatic rings. The van der Waals surface area contributed by atoms with Crippen LogP contribution in [0.5, 0.6) is 0 Å². The third-order valence-corrected chi connectivity index (χ3v) is 10.7. The number of fused-ring (bicyclic) bond motifs is 2. The summed E-state index contributed by atoms with van der Waals surface area (Å²) in [6.07, 6.45) is 6.36. The topological polar surface area (TPSA) is 97.1 Å². The fraction of sp³-hybridized carbons (Fsp3) is 0.429. The molecule has 0 bridgehead atoms. The van der Waals surface area contributed by atoms with Crippen LogP contribution >= 0.6 is 0 Å². The third-order valence-electron chi connectivity index (χ3n) is 10.7. The van der Waals surface area contributed by atoms with E-state index in [4.69, 9.17) is 9.47 Å². The van der Waals surface area contributed by atoms with Crippen LogP contribution < -0.4 is 0 Å². The Bertz CT molecular complexity index is 1880. The van der Waals surface area contributed by atoms with E-state index in [-0.39, 0.29) is 23.4 Å². The molecular formula is C42H50F2N6O4. The zero-order chi connectivity index (χ0) is 37.3. The summed E-state index contributed by atoms with van der Waals surface area (Å²) in [5.41, 5.74) is 4.29. The van der Waals surface area contributed by atoms with Gasteiger partial charge in [0.25, 0.3) is 11.8 Å². The van der Waals surface area contributed by atoms with Crippen LogP contribution in [-0.4, -0.2) is 133 Å². The van der Waals surface area contributed by atoms with Crippen molar-refractivity contribution < 1.29 is 27.8 Å². The van der Waals surface area contributed by atoms with E-state index in [9.17, 15) is 18.4 Å². The van der Waals surface area contributed by atoms with Gasteiger partial charge in [-0.3, -0.25) is 19.4 Å². The van der Waals surface area contributed by atoms with Gasteiger partial charge in [0.05, 0.1) is 37.6 Å². The smallest absolute Gasteiger partial charge is 0.254 e. The molecule has 54 heavy (non-hydrogen) atoms. The number of ether oxygens (including phenoxy) is 2. The second-order valence-corrected chi connectivity index (χ2v) is 14.3. The summed E-state index contributed by atoms with van der Waals surface area (Å²) >= 11 is 0. The normalized spacial score (nSPS) is 15.6. The molecule has 286 valence electrons. The van der Waals surface area contributed by atoms with E-state index < -0.39 is 0 Å². The van der Waals surface area contributed by atoms with Gasteiger partial charge in [-0.05, 0) is 85.3 Å². The van der Waals surface area contributed by atoms with Gasteiger partial charge in [0.15, 0.2) is 0 Å². The van der Waals surface area contributed by atoms with Crippen LogP contribution in [0.15, 0.2) is 73.1 Å². The van der Waals surface area contributed by atoms with Crippen LogP contribution in [0.25, 0.3) is 21.8 Å². The van der Waals surface area contributed by atoms with Crippen molar-refractivity contribution in [3.63, 3.8) is 0 Å². The predicted molar refractivity (Wildman–Crippen MR) is 206 cm³/mol. The Kier molecular flexibility index (Phi) is 12.7. The molecule has 0 aliphatic carbocycles. The summed E-state index contributed by atoms with van der Waals surface area (Å²) in [4.78, 5) is 44.0. The molecule has 2 fully saturated rings. The average Bonchev–Trinajstić information content (AvgIpc) is 3.80. The zero-order valence-corrected chi connectivity index (χ0v) is 30.8. The molecule has 0 spiro atoms. The second kappa shape index (κ2) is 18.1. The lowest BCUT2D eigenvalue weighted by Crippen LogP contribution is -2.41. The molecule has 3 aromatic carbocycles. The number of nitrogens with zero attached hydrogens (tertiary/aromatic N) is 4. The largest absolute Gasteiger partial charge is 0.379 e. The highest BCUT2D eigenvalue weighted by molar-refractivity contribution is 6.07. The van der Waals surface area contributed by atoms with Crippen LogP contribution in [0.2, 0.25) is 0 Å². The molecule has 0 unspecified atom stereocenters. The Morgan fingerprint density at radius 2 is 1.04 bits per heavy atom. The van der Waals surface area contributed by atoms with Gasteiger partial charge in [0, 0.05) is 99.6 Å². The zero-order valence-electron chi connectivity index (χ0n) is 30.8. The summed E-state index contributed by atoms with van der Waals surface area (Å²) in [5.74, 6) is -1.01. The molecule has 2 aliphatic rings. The lowest BCUT2D eigenvalue weighted by molar-refractivity contribution is 0.0356. The highest BCUT2D eigenvalue weighted by Gasteiger charge is 2.26. The molecule has 2 aromatic heterocycles. The summed E-state index contributed by atoms with van der Waals surface area (Å²) < 4.78 is 39.5. The maximum Gasteiger partial charge on any atom is 0.254 e. The highest BCUT2D eigenvalue weighted by atomic mass is 19.1. The van der Waals surface area contributed by atoms with Gasteiger partial charge in [-0.15, -0.1) is 0 Å². The van der Waals surface area contributed by atoms with Crippen molar-refractivity contribution >= 4 is 33.6 Å². The van der Waals surface area contributed by atoms with Crippen LogP contribution in [0.1, 0.15) is 44.7 Å². The van der Waals surface area contributed by atoms with Crippen molar-refractivity contribution in [2.45, 2.75) is 25.7 Å². The lowest BCUT2D eigenvalue weighted by atomic mass is 10.0. The molecule has 12 heteroatoms. The Morgan fingerprint density at radius 3 is 1.46 bits per heavy atom. The summed E-state index contributed by atoms with van der Waals surface area (Å²) in [7, 11) is 0. The molecule has 7 rings (SSSR count). The summed E-state index contributed by atoms with van der Waals surface area (Å²) in [6, 6.07) is 16.5. The number of carbonyl (C=O) groups excluding carboxylic acids is 2. The number of carbonyl (C=O) groups is 2. The molecule has 2 amide bonds. The first-order valence-electron chi connectivity index (χ1n) is 19.2. The quantitative estimate of drug-likeness (QED) is 0.134. The van der Waals surface area contributed by atoms with Crippen molar-refractivity contribution in [1.29, 1.82) is 0 Å². The average molecular weight is 741 g/mol. The SMILES string of the molecule is O=C(c1ccccc1C(=O)N(CCCN1CCOCC1)CCc1c[nH]c2ccc(F)cc12)N(CCCN1CCOCC1)CCc1c[nH]c2ccc(F)cc12. The molecule has 2 N–H and O–H groups in total. The van der Waals surface area contributed by atoms with Crippen molar-refractivity contribution in [1.82, 2.24) is 29.6 Å². The van der Waals surface area contributed by atoms with Gasteiger partial charge < -0.3 is 29.2 Å². The van der Waals surface area contributed by atoms with Crippen LogP contribution in [0, 0.1) is 11.6 Å². The summed E-state index contributed by atoms with van der Waals surface area (Å²) in [6.45, 7) is 9.77. The minimum atomic E-state index is -0.305. The number of hydrogen-bond donors (Lipinski definition) is 2. The number of aromatic nitrogens is 2. The fourth-order valence-corrected chi connectivity index (χ4v) is 7.67. The maximum atomic E-state index is 14.6. The third kappa shape index (κ3) is 9.35. The van der Waals surface area contributed by atoms with E-state index in [0.717, 1.165) is 85.0 Å². The molecule has 0 atom stereocenters. The number of benzene rings is 3. The Hall–Kier alpha value is -4.62. The molecule has 2 saturated heterocycles. The first-order valence-corrected chi connectivity index (χ1v) is 19.2. The fourth-order valence-electron chi connectivity index (χ4n) is 7.67. The van der Waals surface area contributed by atoms with Gasteiger partial charge >= 0.3 is 0 Å². The first kappa shape index (κ1) is 37.7. The Labute approximate surface area is 315 Å². The van der Waals surface area contributed by atoms with Crippen LogP contribution in [0.3, 0.4) is 0 Å². The molecule has 0 saturated carbocycles.